The number of carbonyl (C=O) groups is 3. The van der Waals surface area contributed by atoms with E-state index in [1.165, 1.54) is 4.31 Å². The molecule has 1 saturated heterocycles. The van der Waals surface area contributed by atoms with E-state index in [-0.39, 0.29) is 10.8 Å². The minimum atomic E-state index is -3.73. The van der Waals surface area contributed by atoms with Crippen molar-refractivity contribution in [2.45, 2.75) is 87.6 Å². The molecule has 4 rings (SSSR count). The molecule has 2 amide bonds. The fraction of sp³-hybridized carbons (Fsp3) is 0.531. The normalized spacial score (nSPS) is 18.2. The van der Waals surface area contributed by atoms with Crippen LogP contribution in [0.2, 0.25) is 0 Å². The lowest BCUT2D eigenvalue weighted by Crippen LogP contribution is -2.56. The molecule has 246 valence electrons. The highest BCUT2D eigenvalue weighted by Gasteiger charge is 2.38. The summed E-state index contributed by atoms with van der Waals surface area (Å²) in [5.41, 5.74) is 6.64. The van der Waals surface area contributed by atoms with Crippen LogP contribution >= 0.6 is 11.3 Å². The second kappa shape index (κ2) is 14.9. The van der Waals surface area contributed by atoms with Crippen LogP contribution in [0, 0.1) is 5.92 Å². The molecule has 0 spiro atoms. The number of nitrogens with two attached hydrogens (primary N) is 1. The monoisotopic (exact) mass is 659 g/mol. The largest absolute Gasteiger partial charge is 0.458 e. The molecular weight excluding hydrogens is 615 g/mol. The van der Waals surface area contributed by atoms with Gasteiger partial charge in [0, 0.05) is 36.1 Å². The Hall–Kier alpha value is -3.26. The van der Waals surface area contributed by atoms with Crippen molar-refractivity contribution in [2.24, 2.45) is 11.7 Å². The van der Waals surface area contributed by atoms with Crippen LogP contribution in [0.1, 0.15) is 71.3 Å². The van der Waals surface area contributed by atoms with Crippen molar-refractivity contribution in [3.63, 3.8) is 0 Å². The Bertz CT molecular complexity index is 1560. The zero-order valence-corrected chi connectivity index (χ0v) is 28.0. The number of esters is 1. The summed E-state index contributed by atoms with van der Waals surface area (Å²) in [7, 11) is -3.73. The molecular formula is C32H45N5O6S2. The van der Waals surface area contributed by atoms with Crippen LogP contribution in [-0.4, -0.2) is 72.8 Å². The summed E-state index contributed by atoms with van der Waals surface area (Å²) in [4.78, 5) is 44.2. The fourth-order valence-electron chi connectivity index (χ4n) is 5.63. The van der Waals surface area contributed by atoms with Gasteiger partial charge < -0.3 is 26.1 Å². The Labute approximate surface area is 269 Å². The summed E-state index contributed by atoms with van der Waals surface area (Å²) in [6.07, 6.45) is 4.43. The summed E-state index contributed by atoms with van der Waals surface area (Å²) in [6.45, 7) is 7.92. The summed E-state index contributed by atoms with van der Waals surface area (Å²) in [5, 5.41) is 8.43. The Morgan fingerprint density at radius 2 is 1.89 bits per heavy atom. The van der Waals surface area contributed by atoms with Crippen molar-refractivity contribution in [2.75, 3.05) is 19.6 Å². The van der Waals surface area contributed by atoms with Gasteiger partial charge in [-0.05, 0) is 82.5 Å². The number of hydrogen-bond donors (Lipinski definition) is 4. The van der Waals surface area contributed by atoms with Crippen LogP contribution in [0.5, 0.6) is 0 Å². The molecule has 11 nitrogen and oxygen atoms in total. The number of nitrogens with one attached hydrogen (secondary N) is 3. The lowest BCUT2D eigenvalue weighted by Gasteiger charge is -2.33. The number of nitrogens with zero attached hydrogens (tertiary/aromatic N) is 1. The zero-order chi connectivity index (χ0) is 32.8. The quantitative estimate of drug-likeness (QED) is 0.160. The maximum Gasteiger partial charge on any atom is 0.329 e. The molecule has 5 N–H and O–H groups in total. The number of fused-ring (bicyclic) bond motifs is 1. The zero-order valence-electron chi connectivity index (χ0n) is 26.4. The summed E-state index contributed by atoms with van der Waals surface area (Å²) in [6, 6.07) is 8.94. The molecule has 2 unspecified atom stereocenters. The fourth-order valence-corrected chi connectivity index (χ4v) is 8.30. The number of aromatic nitrogens is 1. The third kappa shape index (κ3) is 8.72. The van der Waals surface area contributed by atoms with Gasteiger partial charge in [0.15, 0.2) is 0 Å². The van der Waals surface area contributed by atoms with E-state index < -0.39 is 57.3 Å². The van der Waals surface area contributed by atoms with Crippen molar-refractivity contribution < 1.29 is 27.5 Å². The topological polar surface area (TPSA) is 164 Å². The minimum Gasteiger partial charge on any atom is -0.458 e. The molecule has 3 heterocycles. The molecule has 1 aliphatic rings. The molecule has 4 atom stereocenters. The number of para-hydroxylation sites is 1. The Kier molecular flexibility index (Phi) is 11.5. The van der Waals surface area contributed by atoms with E-state index in [1.54, 1.807) is 38.3 Å². The molecule has 13 heteroatoms. The second-order valence-electron chi connectivity index (χ2n) is 12.6. The summed E-state index contributed by atoms with van der Waals surface area (Å²) >= 11 is 1.14. The van der Waals surface area contributed by atoms with Gasteiger partial charge in [0.2, 0.25) is 11.8 Å². The first-order valence-corrected chi connectivity index (χ1v) is 17.8. The van der Waals surface area contributed by atoms with Crippen LogP contribution in [0.15, 0.2) is 52.2 Å². The Morgan fingerprint density at radius 1 is 1.13 bits per heavy atom. The lowest BCUT2D eigenvalue weighted by molar-refractivity contribution is -0.159. The molecule has 1 aromatic carbocycles. The van der Waals surface area contributed by atoms with Crippen molar-refractivity contribution in [1.29, 1.82) is 0 Å². The van der Waals surface area contributed by atoms with Gasteiger partial charge in [-0.25, -0.2) is 13.2 Å². The van der Waals surface area contributed by atoms with Gasteiger partial charge in [-0.3, -0.25) is 9.59 Å². The van der Waals surface area contributed by atoms with E-state index in [1.807, 2.05) is 37.4 Å². The molecule has 1 aliphatic heterocycles. The molecule has 0 radical (unpaired) electrons. The van der Waals surface area contributed by atoms with E-state index in [0.717, 1.165) is 27.8 Å². The molecule has 3 aromatic rings. The number of rotatable bonds is 13. The number of amides is 2. The second-order valence-corrected chi connectivity index (χ2v) is 15.7. The minimum absolute atomic E-state index is 0.0154. The summed E-state index contributed by atoms with van der Waals surface area (Å²) < 4.78 is 33.6. The third-order valence-corrected chi connectivity index (χ3v) is 11.2. The van der Waals surface area contributed by atoms with Crippen LogP contribution < -0.4 is 16.4 Å². The number of sulfonamides is 1. The smallest absolute Gasteiger partial charge is 0.329 e. The van der Waals surface area contributed by atoms with Crippen LogP contribution in [0.25, 0.3) is 10.9 Å². The predicted octanol–water partition coefficient (Wildman–Crippen LogP) is 3.87. The molecule has 0 aliphatic carbocycles. The standard InChI is InChI=1S/C32H45N5O6S2/c1-21(24-19-34-25-13-6-5-12-23(24)25)28(30(39)35-26(14-7-8-16-33)31(40)43-32(2,3)4)36-29(38)22-11-9-17-37(20-22)45(41,42)27-15-10-18-44-27/h5-6,10,12-13,15,18-19,21-22,26,28,34H,7-9,11,14,16-17,20,33H2,1-4H3,(H,35,39)(H,36,38)/t21-,22?,26-,28?/m0/s1. The van der Waals surface area contributed by atoms with E-state index in [2.05, 4.69) is 15.6 Å². The highest BCUT2D eigenvalue weighted by atomic mass is 32.2. The van der Waals surface area contributed by atoms with E-state index in [4.69, 9.17) is 10.5 Å². The van der Waals surface area contributed by atoms with Gasteiger partial charge >= 0.3 is 5.97 Å². The van der Waals surface area contributed by atoms with Crippen molar-refractivity contribution in [3.05, 3.63) is 53.5 Å². The number of piperidine rings is 1. The number of carbonyl (C=O) groups excluding carboxylic acids is 3. The first-order valence-electron chi connectivity index (χ1n) is 15.4. The van der Waals surface area contributed by atoms with E-state index >= 15 is 0 Å². The average molecular weight is 660 g/mol. The van der Waals surface area contributed by atoms with Gasteiger partial charge in [-0.2, -0.15) is 4.31 Å². The Balaban J connectivity index is 1.59. The van der Waals surface area contributed by atoms with Gasteiger partial charge in [-0.15, -0.1) is 11.3 Å². The van der Waals surface area contributed by atoms with Crippen LogP contribution in [-0.2, 0) is 29.1 Å². The lowest BCUT2D eigenvalue weighted by atomic mass is 9.90. The number of hydrogen-bond acceptors (Lipinski definition) is 8. The molecule has 2 aromatic heterocycles. The number of unbranched alkanes of at least 4 members (excludes halogenated alkanes) is 1. The van der Waals surface area contributed by atoms with Crippen LogP contribution in [0.4, 0.5) is 0 Å². The van der Waals surface area contributed by atoms with E-state index in [0.29, 0.717) is 45.2 Å². The summed E-state index contributed by atoms with van der Waals surface area (Å²) in [5.74, 6) is -2.64. The number of ether oxygens (including phenoxy) is 1. The highest BCUT2D eigenvalue weighted by Crippen LogP contribution is 2.30. The first kappa shape index (κ1) is 34.6. The third-order valence-electron chi connectivity index (χ3n) is 7.99. The number of thiophene rings is 1. The maximum absolute atomic E-state index is 14.1. The molecule has 0 bridgehead atoms. The molecule has 45 heavy (non-hydrogen) atoms. The van der Waals surface area contributed by atoms with Crippen molar-refractivity contribution >= 4 is 50.0 Å². The van der Waals surface area contributed by atoms with Gasteiger partial charge in [0.05, 0.1) is 5.92 Å². The molecule has 0 saturated carbocycles. The van der Waals surface area contributed by atoms with E-state index in [9.17, 15) is 22.8 Å². The van der Waals surface area contributed by atoms with Gasteiger partial charge in [0.25, 0.3) is 10.0 Å². The number of benzene rings is 1. The van der Waals surface area contributed by atoms with Crippen molar-refractivity contribution in [3.8, 4) is 0 Å². The maximum atomic E-state index is 14.1. The van der Waals surface area contributed by atoms with Crippen LogP contribution in [0.3, 0.4) is 0 Å². The van der Waals surface area contributed by atoms with Gasteiger partial charge in [-0.1, -0.05) is 31.2 Å². The van der Waals surface area contributed by atoms with Crippen molar-refractivity contribution in [1.82, 2.24) is 19.9 Å². The van der Waals surface area contributed by atoms with Gasteiger partial charge in [0.1, 0.15) is 21.9 Å². The Morgan fingerprint density at radius 3 is 2.58 bits per heavy atom. The average Bonchev–Trinajstić information content (AvgIpc) is 3.69. The molecule has 1 fully saturated rings. The highest BCUT2D eigenvalue weighted by molar-refractivity contribution is 7.91. The number of H-pyrrole nitrogens is 1. The first-order chi connectivity index (χ1) is 21.3. The number of aromatic amines is 1. The SMILES string of the molecule is C[C@@H](c1c[nH]c2ccccc12)C(NC(=O)C1CCCN(S(=O)(=O)c2cccs2)C1)C(=O)N[C@@H](CCCCN)C(=O)OC(C)(C)C. The predicted molar refractivity (Wildman–Crippen MR) is 175 cm³/mol.